The number of rotatable bonds is 4. The number of amides is 1. The number of hydrogen-bond donors (Lipinski definition) is 3. The number of primary amides is 1. The van der Waals surface area contributed by atoms with Crippen LogP contribution in [0.4, 0.5) is 0 Å². The first-order chi connectivity index (χ1) is 13.8. The quantitative estimate of drug-likeness (QED) is 0.569. The number of carbonyl (C=O) groups excluding carboxylic acids is 1. The zero-order valence-corrected chi connectivity index (χ0v) is 17.3. The maximum atomic E-state index is 11.9. The van der Waals surface area contributed by atoms with E-state index in [0.29, 0.717) is 49.8 Å². The fourth-order valence-corrected chi connectivity index (χ4v) is 4.95. The van der Waals surface area contributed by atoms with Crippen molar-refractivity contribution in [1.82, 2.24) is 9.55 Å². The summed E-state index contributed by atoms with van der Waals surface area (Å²) < 4.78 is 1.69. The highest BCUT2D eigenvalue weighted by molar-refractivity contribution is 6.36. The van der Waals surface area contributed by atoms with Crippen LogP contribution in [-0.4, -0.2) is 25.7 Å². The number of fused-ring (bicyclic) bond motifs is 1. The number of aryl methyl sites for hydroxylation is 1. The van der Waals surface area contributed by atoms with E-state index in [0.717, 1.165) is 12.8 Å². The number of carbonyl (C=O) groups is 1. The lowest BCUT2D eigenvalue weighted by atomic mass is 9.96. The predicted octanol–water partition coefficient (Wildman–Crippen LogP) is 4.34. The summed E-state index contributed by atoms with van der Waals surface area (Å²) in [6.07, 6.45) is 4.04. The van der Waals surface area contributed by atoms with Gasteiger partial charge in [-0.05, 0) is 31.9 Å². The molecule has 29 heavy (non-hydrogen) atoms. The topological polar surface area (TPSA) is 101 Å². The second kappa shape index (κ2) is 7.52. The van der Waals surface area contributed by atoms with Gasteiger partial charge in [-0.1, -0.05) is 35.7 Å². The van der Waals surface area contributed by atoms with Crippen molar-refractivity contribution in [2.24, 2.45) is 11.7 Å². The van der Waals surface area contributed by atoms with E-state index in [4.69, 9.17) is 28.9 Å². The van der Waals surface area contributed by atoms with Crippen LogP contribution in [0.5, 0.6) is 5.88 Å². The standard InChI is InChI=1S/C21H21Cl2N3O3/c1-10-14(9-27)18(12-6-5-11(22)7-15(12)23)19-16(25-10)8-26(21(19)29)17-4-2-3-13(17)20(24)28/h5-8,13,17,27,29H,2-4,9H2,1H3,(H2,24,28)/t13-,17+/m1/s1. The van der Waals surface area contributed by atoms with E-state index in [1.54, 1.807) is 35.9 Å². The number of pyridine rings is 1. The van der Waals surface area contributed by atoms with E-state index < -0.39 is 0 Å². The number of benzene rings is 1. The van der Waals surface area contributed by atoms with Crippen molar-refractivity contribution in [3.05, 3.63) is 45.7 Å². The Morgan fingerprint density at radius 1 is 1.34 bits per heavy atom. The highest BCUT2D eigenvalue weighted by Crippen LogP contribution is 2.46. The van der Waals surface area contributed by atoms with E-state index in [1.165, 1.54) is 0 Å². The van der Waals surface area contributed by atoms with Crippen molar-refractivity contribution in [3.8, 4) is 17.0 Å². The molecule has 3 aromatic rings. The second-order valence-electron chi connectivity index (χ2n) is 7.46. The van der Waals surface area contributed by atoms with Crippen molar-refractivity contribution >= 4 is 40.0 Å². The van der Waals surface area contributed by atoms with Crippen LogP contribution in [0.25, 0.3) is 22.0 Å². The number of aliphatic hydroxyl groups is 1. The largest absolute Gasteiger partial charge is 0.494 e. The monoisotopic (exact) mass is 433 g/mol. The van der Waals surface area contributed by atoms with Gasteiger partial charge in [-0.2, -0.15) is 0 Å². The van der Waals surface area contributed by atoms with Crippen LogP contribution in [0.1, 0.15) is 36.6 Å². The van der Waals surface area contributed by atoms with Gasteiger partial charge in [-0.15, -0.1) is 0 Å². The number of nitrogens with two attached hydrogens (primary N) is 1. The molecule has 2 heterocycles. The normalized spacial score (nSPS) is 19.2. The number of nitrogens with zero attached hydrogens (tertiary/aromatic N) is 2. The molecule has 1 saturated carbocycles. The molecule has 1 aliphatic carbocycles. The zero-order chi connectivity index (χ0) is 20.9. The summed E-state index contributed by atoms with van der Waals surface area (Å²) in [6, 6.07) is 4.86. The van der Waals surface area contributed by atoms with E-state index in [2.05, 4.69) is 4.98 Å². The highest BCUT2D eigenvalue weighted by atomic mass is 35.5. The third-order valence-electron chi connectivity index (χ3n) is 5.82. The number of aromatic nitrogens is 2. The summed E-state index contributed by atoms with van der Waals surface area (Å²) in [5, 5.41) is 22.6. The molecule has 0 spiro atoms. The van der Waals surface area contributed by atoms with Gasteiger partial charge >= 0.3 is 0 Å². The molecule has 0 bridgehead atoms. The van der Waals surface area contributed by atoms with Crippen molar-refractivity contribution < 1.29 is 15.0 Å². The van der Waals surface area contributed by atoms with Crippen LogP contribution in [0.3, 0.4) is 0 Å². The third kappa shape index (κ3) is 3.25. The maximum absolute atomic E-state index is 11.9. The molecule has 2 atom stereocenters. The Labute approximate surface area is 177 Å². The summed E-state index contributed by atoms with van der Waals surface area (Å²) in [5.41, 5.74) is 8.61. The van der Waals surface area contributed by atoms with Crippen molar-refractivity contribution in [1.29, 1.82) is 0 Å². The summed E-state index contributed by atoms with van der Waals surface area (Å²) in [7, 11) is 0. The SMILES string of the molecule is Cc1nc2cn([C@H]3CCC[C@H]3C(N)=O)c(O)c2c(-c2ccc(Cl)cc2Cl)c1CO. The molecule has 1 fully saturated rings. The Bertz CT molecular complexity index is 1130. The van der Waals surface area contributed by atoms with Crippen LogP contribution in [0, 0.1) is 12.8 Å². The molecule has 1 aliphatic rings. The molecular weight excluding hydrogens is 413 g/mol. The Morgan fingerprint density at radius 3 is 2.76 bits per heavy atom. The first kappa shape index (κ1) is 20.0. The molecule has 6 nitrogen and oxygen atoms in total. The lowest BCUT2D eigenvalue weighted by molar-refractivity contribution is -0.122. The molecule has 0 unspecified atom stereocenters. The summed E-state index contributed by atoms with van der Waals surface area (Å²) in [4.78, 5) is 16.5. The number of aromatic hydroxyl groups is 1. The Balaban J connectivity index is 2.02. The smallest absolute Gasteiger partial charge is 0.222 e. The van der Waals surface area contributed by atoms with Gasteiger partial charge in [-0.25, -0.2) is 0 Å². The third-order valence-corrected chi connectivity index (χ3v) is 6.37. The van der Waals surface area contributed by atoms with Crippen LogP contribution < -0.4 is 5.73 Å². The van der Waals surface area contributed by atoms with Crippen LogP contribution in [0.2, 0.25) is 10.0 Å². The van der Waals surface area contributed by atoms with Crippen LogP contribution in [-0.2, 0) is 11.4 Å². The average Bonchev–Trinajstić information content (AvgIpc) is 3.26. The predicted molar refractivity (Wildman–Crippen MR) is 113 cm³/mol. The lowest BCUT2D eigenvalue weighted by Crippen LogP contribution is -2.27. The van der Waals surface area contributed by atoms with Gasteiger partial charge < -0.3 is 20.5 Å². The molecule has 4 N–H and O–H groups in total. The number of aliphatic hydroxyl groups excluding tert-OH is 1. The fourth-order valence-electron chi connectivity index (χ4n) is 4.45. The number of hydrogen-bond acceptors (Lipinski definition) is 4. The molecule has 8 heteroatoms. The minimum Gasteiger partial charge on any atom is -0.494 e. The van der Waals surface area contributed by atoms with Gasteiger partial charge in [0.25, 0.3) is 0 Å². The molecule has 152 valence electrons. The first-order valence-electron chi connectivity index (χ1n) is 9.42. The first-order valence-corrected chi connectivity index (χ1v) is 10.2. The van der Waals surface area contributed by atoms with Gasteiger partial charge in [0.05, 0.1) is 23.4 Å². The number of halogens is 2. The summed E-state index contributed by atoms with van der Waals surface area (Å²) >= 11 is 12.5. The van der Waals surface area contributed by atoms with Crippen molar-refractivity contribution in [2.45, 2.75) is 38.8 Å². The molecule has 4 rings (SSSR count). The van der Waals surface area contributed by atoms with Gasteiger partial charge in [0.15, 0.2) is 0 Å². The molecule has 1 amide bonds. The Kier molecular flexibility index (Phi) is 5.19. The summed E-state index contributed by atoms with van der Waals surface area (Å²) in [6.45, 7) is 1.54. The Morgan fingerprint density at radius 2 is 2.10 bits per heavy atom. The molecule has 0 saturated heterocycles. The molecule has 0 radical (unpaired) electrons. The van der Waals surface area contributed by atoms with Crippen molar-refractivity contribution in [2.75, 3.05) is 0 Å². The molecule has 0 aliphatic heterocycles. The highest BCUT2D eigenvalue weighted by Gasteiger charge is 2.35. The summed E-state index contributed by atoms with van der Waals surface area (Å²) in [5.74, 6) is -0.726. The van der Waals surface area contributed by atoms with E-state index in [9.17, 15) is 15.0 Å². The molecular formula is C21H21Cl2N3O3. The van der Waals surface area contributed by atoms with Gasteiger partial charge in [0, 0.05) is 44.7 Å². The maximum Gasteiger partial charge on any atom is 0.222 e. The Hall–Kier alpha value is -2.28. The van der Waals surface area contributed by atoms with Crippen molar-refractivity contribution in [3.63, 3.8) is 0 Å². The molecule has 2 aromatic heterocycles. The second-order valence-corrected chi connectivity index (χ2v) is 8.30. The van der Waals surface area contributed by atoms with E-state index in [1.807, 2.05) is 0 Å². The fraction of sp³-hybridized carbons (Fsp3) is 0.333. The van der Waals surface area contributed by atoms with Crippen LogP contribution >= 0.6 is 23.2 Å². The average molecular weight is 434 g/mol. The zero-order valence-electron chi connectivity index (χ0n) is 15.8. The minimum atomic E-state index is -0.370. The van der Waals surface area contributed by atoms with Gasteiger partial charge in [-0.3, -0.25) is 9.78 Å². The van der Waals surface area contributed by atoms with E-state index >= 15 is 0 Å². The minimum absolute atomic E-state index is 0.0126. The van der Waals surface area contributed by atoms with Gasteiger partial charge in [0.1, 0.15) is 0 Å². The molecule has 1 aromatic carbocycles. The van der Waals surface area contributed by atoms with Gasteiger partial charge in [0.2, 0.25) is 11.8 Å². The van der Waals surface area contributed by atoms with Crippen LogP contribution in [0.15, 0.2) is 24.4 Å². The lowest BCUT2D eigenvalue weighted by Gasteiger charge is -2.19. The van der Waals surface area contributed by atoms with E-state index in [-0.39, 0.29) is 30.4 Å².